The average molecular weight is 516 g/mol. The van der Waals surface area contributed by atoms with E-state index in [9.17, 15) is 19.5 Å². The highest BCUT2D eigenvalue weighted by molar-refractivity contribution is 6.12. The second-order valence-corrected chi connectivity index (χ2v) is 9.34. The third-order valence-electron chi connectivity index (χ3n) is 6.71. The van der Waals surface area contributed by atoms with Crippen molar-refractivity contribution in [3.63, 3.8) is 0 Å². The summed E-state index contributed by atoms with van der Waals surface area (Å²) < 4.78 is 5.30. The van der Waals surface area contributed by atoms with Crippen LogP contribution >= 0.6 is 0 Å². The van der Waals surface area contributed by atoms with Gasteiger partial charge in [0.2, 0.25) is 11.6 Å². The first-order valence-electron chi connectivity index (χ1n) is 12.6. The van der Waals surface area contributed by atoms with Crippen LogP contribution in [0.15, 0.2) is 75.1 Å². The van der Waals surface area contributed by atoms with E-state index in [2.05, 4.69) is 15.5 Å². The Kier molecular flexibility index (Phi) is 7.12. The van der Waals surface area contributed by atoms with Crippen molar-refractivity contribution in [2.24, 2.45) is 4.99 Å². The topological polar surface area (TPSA) is 127 Å². The van der Waals surface area contributed by atoms with E-state index in [1.165, 1.54) is 11.0 Å². The number of amidine groups is 1. The third kappa shape index (κ3) is 5.24. The summed E-state index contributed by atoms with van der Waals surface area (Å²) in [5.41, 5.74) is 1.98. The van der Waals surface area contributed by atoms with E-state index in [1.807, 2.05) is 24.3 Å². The van der Waals surface area contributed by atoms with Crippen LogP contribution in [0.2, 0.25) is 0 Å². The predicted octanol–water partition coefficient (Wildman–Crippen LogP) is 3.76. The van der Waals surface area contributed by atoms with Gasteiger partial charge in [-0.1, -0.05) is 37.1 Å². The van der Waals surface area contributed by atoms with Crippen LogP contribution in [0.4, 0.5) is 16.2 Å². The van der Waals surface area contributed by atoms with Gasteiger partial charge in [0, 0.05) is 43.0 Å². The minimum Gasteiger partial charge on any atom is -0.502 e. The van der Waals surface area contributed by atoms with Crippen LogP contribution in [0, 0.1) is 0 Å². The van der Waals surface area contributed by atoms with Gasteiger partial charge in [-0.3, -0.25) is 9.59 Å². The molecule has 1 aromatic heterocycles. The summed E-state index contributed by atoms with van der Waals surface area (Å²) in [6.07, 6.45) is 4.24. The smallest absolute Gasteiger partial charge is 0.321 e. The molecule has 2 aliphatic heterocycles. The number of aliphatic imine (C=N–C) groups is 1. The third-order valence-corrected chi connectivity index (χ3v) is 6.71. The number of hydrogen-bond donors (Lipinski definition) is 3. The first-order valence-corrected chi connectivity index (χ1v) is 12.6. The lowest BCUT2D eigenvalue weighted by Gasteiger charge is -2.25. The molecular formula is C28H29N5O5. The summed E-state index contributed by atoms with van der Waals surface area (Å²) in [5, 5.41) is 14.9. The number of urea groups is 1. The lowest BCUT2D eigenvalue weighted by Crippen LogP contribution is -2.47. The molecule has 2 aliphatic rings. The molecule has 0 saturated carbocycles. The lowest BCUT2D eigenvalue weighted by atomic mass is 10.1. The first-order chi connectivity index (χ1) is 18.4. The predicted molar refractivity (Wildman–Crippen MR) is 144 cm³/mol. The first kappa shape index (κ1) is 25.1. The van der Waals surface area contributed by atoms with Gasteiger partial charge in [-0.25, -0.2) is 9.79 Å². The number of aromatic hydroxyl groups is 1. The molecule has 0 unspecified atom stereocenters. The normalized spacial score (nSPS) is 17.7. The fourth-order valence-electron chi connectivity index (χ4n) is 4.73. The van der Waals surface area contributed by atoms with E-state index in [0.29, 0.717) is 17.1 Å². The number of nitrogens with zero attached hydrogens (tertiary/aromatic N) is 3. The van der Waals surface area contributed by atoms with Crippen molar-refractivity contribution in [3.05, 3.63) is 76.6 Å². The van der Waals surface area contributed by atoms with Gasteiger partial charge < -0.3 is 30.0 Å². The number of carbonyl (C=O) groups is 2. The van der Waals surface area contributed by atoms with Crippen LogP contribution < -0.4 is 21.0 Å². The zero-order chi connectivity index (χ0) is 26.6. The number of likely N-dealkylation sites (tertiary alicyclic amines) is 1. The number of carbonyl (C=O) groups excluding carboxylic acids is 2. The Hall–Kier alpha value is -4.60. The van der Waals surface area contributed by atoms with Gasteiger partial charge in [0.15, 0.2) is 5.75 Å². The fraction of sp³-hybridized carbons (Fsp3) is 0.286. The Morgan fingerprint density at radius 1 is 1.03 bits per heavy atom. The number of rotatable bonds is 3. The molecule has 3 N–H and O–H groups in total. The van der Waals surface area contributed by atoms with Crippen LogP contribution in [0.25, 0.3) is 11.3 Å². The lowest BCUT2D eigenvalue weighted by molar-refractivity contribution is -0.119. The van der Waals surface area contributed by atoms with Crippen LogP contribution in [0.3, 0.4) is 0 Å². The molecular weight excluding hydrogens is 486 g/mol. The van der Waals surface area contributed by atoms with Crippen molar-refractivity contribution < 1.29 is 19.1 Å². The maximum absolute atomic E-state index is 13.4. The van der Waals surface area contributed by atoms with Gasteiger partial charge >= 0.3 is 6.03 Å². The number of nitrogens with one attached hydrogen (secondary N) is 2. The SMILES string of the molecule is CN1C(=O)[C@H](NC(=O)Nc2cccc(-c3cc(=O)c(O)co3)c2)N=C(N2CCCCCC2)c2ccccc21. The number of benzene rings is 2. The number of benzodiazepines with no additional fused rings is 1. The molecule has 0 aliphatic carbocycles. The maximum Gasteiger partial charge on any atom is 0.321 e. The molecule has 1 saturated heterocycles. The van der Waals surface area contributed by atoms with Gasteiger partial charge in [0.25, 0.3) is 5.91 Å². The van der Waals surface area contributed by atoms with E-state index in [4.69, 9.17) is 9.41 Å². The summed E-state index contributed by atoms with van der Waals surface area (Å²) >= 11 is 0. The minimum atomic E-state index is -1.12. The Morgan fingerprint density at radius 3 is 2.55 bits per heavy atom. The van der Waals surface area contributed by atoms with Crippen molar-refractivity contribution in [3.8, 4) is 17.1 Å². The molecule has 38 heavy (non-hydrogen) atoms. The second-order valence-electron chi connectivity index (χ2n) is 9.34. The Labute approximate surface area is 219 Å². The van der Waals surface area contributed by atoms with Crippen LogP contribution in [0.1, 0.15) is 31.2 Å². The van der Waals surface area contributed by atoms with Crippen molar-refractivity contribution in [1.29, 1.82) is 0 Å². The van der Waals surface area contributed by atoms with Gasteiger partial charge in [0.05, 0.1) is 5.69 Å². The number of para-hydroxylation sites is 1. The number of anilines is 2. The quantitative estimate of drug-likeness (QED) is 0.487. The number of hydrogen-bond acceptors (Lipinski definition) is 7. The van der Waals surface area contributed by atoms with Crippen molar-refractivity contribution in [2.45, 2.75) is 31.8 Å². The highest BCUT2D eigenvalue weighted by Gasteiger charge is 2.32. The second kappa shape index (κ2) is 10.8. The Morgan fingerprint density at radius 2 is 1.79 bits per heavy atom. The van der Waals surface area contributed by atoms with Gasteiger partial charge in [-0.05, 0) is 37.1 Å². The van der Waals surface area contributed by atoms with E-state index in [0.717, 1.165) is 56.3 Å². The van der Waals surface area contributed by atoms with E-state index in [1.54, 1.807) is 31.3 Å². The monoisotopic (exact) mass is 515 g/mol. The summed E-state index contributed by atoms with van der Waals surface area (Å²) in [5.74, 6) is 0.108. The highest BCUT2D eigenvalue weighted by Crippen LogP contribution is 2.27. The summed E-state index contributed by atoms with van der Waals surface area (Å²) in [7, 11) is 1.68. The standard InChI is InChI=1S/C28H29N5O5/c1-32-21-12-5-4-11-20(21)26(33-13-6-2-3-7-14-33)30-25(27(32)36)31-28(37)29-19-10-8-9-18(15-19)24-16-22(34)23(35)17-38-24/h4-5,8-12,15-17,25,35H,2-3,6-7,13-14H2,1H3,(H2,29,31,37)/t25-/m0/s1. The van der Waals surface area contributed by atoms with E-state index >= 15 is 0 Å². The van der Waals surface area contributed by atoms with E-state index < -0.39 is 23.4 Å². The van der Waals surface area contributed by atoms with E-state index in [-0.39, 0.29) is 11.7 Å². The largest absolute Gasteiger partial charge is 0.502 e. The zero-order valence-corrected chi connectivity index (χ0v) is 21.0. The van der Waals surface area contributed by atoms with Crippen LogP contribution in [0.5, 0.6) is 5.75 Å². The molecule has 5 rings (SSSR count). The van der Waals surface area contributed by atoms with Gasteiger partial charge in [0.1, 0.15) is 17.9 Å². The molecule has 10 heteroatoms. The summed E-state index contributed by atoms with van der Waals surface area (Å²) in [6.45, 7) is 1.67. The molecule has 1 fully saturated rings. The fourth-order valence-corrected chi connectivity index (χ4v) is 4.73. The molecule has 2 aromatic carbocycles. The summed E-state index contributed by atoms with van der Waals surface area (Å²) in [6, 6.07) is 14.9. The number of amides is 3. The van der Waals surface area contributed by atoms with Crippen LogP contribution in [-0.2, 0) is 4.79 Å². The van der Waals surface area contributed by atoms with Crippen LogP contribution in [-0.4, -0.2) is 54.1 Å². The highest BCUT2D eigenvalue weighted by atomic mass is 16.3. The Balaban J connectivity index is 1.39. The number of likely N-dealkylation sites (N-methyl/N-ethyl adjacent to an activating group) is 1. The van der Waals surface area contributed by atoms with Crippen molar-refractivity contribution in [2.75, 3.05) is 30.4 Å². The van der Waals surface area contributed by atoms with Crippen molar-refractivity contribution >= 4 is 29.1 Å². The molecule has 1 atom stereocenters. The molecule has 3 amide bonds. The zero-order valence-electron chi connectivity index (χ0n) is 21.0. The maximum atomic E-state index is 13.4. The molecule has 10 nitrogen and oxygen atoms in total. The molecule has 3 heterocycles. The Bertz CT molecular complexity index is 1440. The van der Waals surface area contributed by atoms with Gasteiger partial charge in [-0.15, -0.1) is 0 Å². The van der Waals surface area contributed by atoms with Crippen molar-refractivity contribution in [1.82, 2.24) is 10.2 Å². The molecule has 0 bridgehead atoms. The number of fused-ring (bicyclic) bond motifs is 1. The minimum absolute atomic E-state index is 0.238. The van der Waals surface area contributed by atoms with Gasteiger partial charge in [-0.2, -0.15) is 0 Å². The molecule has 0 radical (unpaired) electrons. The average Bonchev–Trinajstić information content (AvgIpc) is 3.25. The molecule has 3 aromatic rings. The molecule has 0 spiro atoms. The summed E-state index contributed by atoms with van der Waals surface area (Å²) in [4.78, 5) is 46.7. The molecule has 196 valence electrons.